The lowest BCUT2D eigenvalue weighted by molar-refractivity contribution is 0.0662. The van der Waals surface area contributed by atoms with E-state index < -0.39 is 0 Å². The lowest BCUT2D eigenvalue weighted by Crippen LogP contribution is -2.48. The molecule has 4 rings (SSSR count). The van der Waals surface area contributed by atoms with Gasteiger partial charge in [0.15, 0.2) is 0 Å². The maximum Gasteiger partial charge on any atom is 0.259 e. The first-order valence-electron chi connectivity index (χ1n) is 8.28. The van der Waals surface area contributed by atoms with Crippen LogP contribution in [0.1, 0.15) is 22.3 Å². The number of aromatic nitrogens is 1. The number of pyridine rings is 1. The van der Waals surface area contributed by atoms with Crippen LogP contribution in [0.4, 0.5) is 0 Å². The van der Waals surface area contributed by atoms with E-state index in [9.17, 15) is 9.59 Å². The third-order valence-electron chi connectivity index (χ3n) is 5.05. The van der Waals surface area contributed by atoms with Crippen LogP contribution in [0.15, 0.2) is 29.2 Å². The maximum atomic E-state index is 12.9. The molecule has 23 heavy (non-hydrogen) atoms. The number of aryl methyl sites for hydroxylation is 2. The molecule has 0 unspecified atom stereocenters. The van der Waals surface area contributed by atoms with Crippen LogP contribution in [0.3, 0.4) is 0 Å². The predicted octanol–water partition coefficient (Wildman–Crippen LogP) is 1.34. The summed E-state index contributed by atoms with van der Waals surface area (Å²) in [7, 11) is 2.05. The fraction of sp³-hybridized carbons (Fsp3) is 0.444. The summed E-state index contributed by atoms with van der Waals surface area (Å²) in [6, 6.07) is 5.86. The average Bonchev–Trinajstić information content (AvgIpc) is 2.58. The van der Waals surface area contributed by atoms with E-state index in [-0.39, 0.29) is 11.3 Å². The Labute approximate surface area is 135 Å². The van der Waals surface area contributed by atoms with Crippen LogP contribution >= 0.6 is 0 Å². The number of piperazine rings is 1. The molecule has 1 aromatic heterocycles. The topological polar surface area (TPSA) is 45.5 Å². The highest BCUT2D eigenvalue weighted by atomic mass is 16.2. The van der Waals surface area contributed by atoms with Gasteiger partial charge in [0.2, 0.25) is 5.43 Å². The van der Waals surface area contributed by atoms with Gasteiger partial charge in [-0.05, 0) is 31.5 Å². The molecule has 0 bridgehead atoms. The number of para-hydroxylation sites is 1. The van der Waals surface area contributed by atoms with Crippen molar-refractivity contribution in [3.63, 3.8) is 0 Å². The van der Waals surface area contributed by atoms with Crippen molar-refractivity contribution in [3.8, 4) is 0 Å². The Balaban J connectivity index is 1.81. The minimum atomic E-state index is -0.121. The minimum Gasteiger partial charge on any atom is -0.346 e. The molecule has 0 radical (unpaired) electrons. The average molecular weight is 311 g/mol. The van der Waals surface area contributed by atoms with Crippen molar-refractivity contribution >= 4 is 16.8 Å². The summed E-state index contributed by atoms with van der Waals surface area (Å²) in [5.74, 6) is -0.121. The van der Waals surface area contributed by atoms with Gasteiger partial charge in [-0.15, -0.1) is 0 Å². The standard InChI is InChI=1S/C18H21N3O2/c1-19-8-10-20(11-9-19)18(23)15-12-21-7-3-5-13-4-2-6-14(16(13)21)17(15)22/h2,4,6,12H,3,5,7-11H2,1H3. The fourth-order valence-electron chi connectivity index (χ4n) is 3.69. The van der Waals surface area contributed by atoms with Crippen LogP contribution in [0.25, 0.3) is 10.9 Å². The molecule has 2 aliphatic heterocycles. The van der Waals surface area contributed by atoms with Gasteiger partial charge in [-0.25, -0.2) is 0 Å². The molecule has 1 amide bonds. The Kier molecular flexibility index (Phi) is 3.45. The highest BCUT2D eigenvalue weighted by molar-refractivity contribution is 5.98. The minimum absolute atomic E-state index is 0.121. The van der Waals surface area contributed by atoms with Crippen LogP contribution in [0.2, 0.25) is 0 Å². The van der Waals surface area contributed by atoms with Gasteiger partial charge in [0, 0.05) is 44.3 Å². The van der Waals surface area contributed by atoms with Gasteiger partial charge in [-0.1, -0.05) is 12.1 Å². The molecular formula is C18H21N3O2. The summed E-state index contributed by atoms with van der Waals surface area (Å²) in [4.78, 5) is 29.7. The van der Waals surface area contributed by atoms with Crippen molar-refractivity contribution < 1.29 is 4.79 Å². The number of rotatable bonds is 1. The molecule has 120 valence electrons. The molecule has 2 aliphatic rings. The van der Waals surface area contributed by atoms with Gasteiger partial charge >= 0.3 is 0 Å². The molecule has 0 aliphatic carbocycles. The number of carbonyl (C=O) groups excluding carboxylic acids is 1. The summed E-state index contributed by atoms with van der Waals surface area (Å²) in [6.45, 7) is 3.96. The van der Waals surface area contributed by atoms with E-state index >= 15 is 0 Å². The zero-order valence-electron chi connectivity index (χ0n) is 13.4. The third kappa shape index (κ3) is 2.36. The van der Waals surface area contributed by atoms with E-state index in [1.165, 1.54) is 5.56 Å². The van der Waals surface area contributed by atoms with Gasteiger partial charge in [-0.3, -0.25) is 9.59 Å². The Morgan fingerprint density at radius 2 is 1.87 bits per heavy atom. The molecule has 1 aromatic carbocycles. The molecule has 3 heterocycles. The lowest BCUT2D eigenvalue weighted by atomic mass is 9.99. The summed E-state index contributed by atoms with van der Waals surface area (Å²) in [6.07, 6.45) is 3.84. The van der Waals surface area contributed by atoms with Gasteiger partial charge < -0.3 is 14.4 Å². The zero-order valence-corrected chi connectivity index (χ0v) is 13.4. The summed E-state index contributed by atoms with van der Waals surface area (Å²) in [5.41, 5.74) is 2.42. The molecule has 0 saturated carbocycles. The number of hydrogen-bond donors (Lipinski definition) is 0. The Bertz CT molecular complexity index is 832. The normalized spacial score (nSPS) is 18.4. The van der Waals surface area contributed by atoms with E-state index in [1.807, 2.05) is 17.0 Å². The number of likely N-dealkylation sites (N-methyl/N-ethyl adjacent to an activating group) is 1. The van der Waals surface area contributed by atoms with Gasteiger partial charge in [0.25, 0.3) is 5.91 Å². The van der Waals surface area contributed by atoms with E-state index in [2.05, 4.69) is 22.6 Å². The Hall–Kier alpha value is -2.14. The van der Waals surface area contributed by atoms with Crippen LogP contribution in [0.5, 0.6) is 0 Å². The molecular weight excluding hydrogens is 290 g/mol. The van der Waals surface area contributed by atoms with Crippen molar-refractivity contribution in [2.24, 2.45) is 0 Å². The Morgan fingerprint density at radius 3 is 2.65 bits per heavy atom. The number of benzene rings is 1. The van der Waals surface area contributed by atoms with Crippen molar-refractivity contribution in [3.05, 3.63) is 45.7 Å². The first-order chi connectivity index (χ1) is 11.1. The Morgan fingerprint density at radius 1 is 1.09 bits per heavy atom. The summed E-state index contributed by atoms with van der Waals surface area (Å²) >= 11 is 0. The van der Waals surface area contributed by atoms with Gasteiger partial charge in [-0.2, -0.15) is 0 Å². The maximum absolute atomic E-state index is 12.9. The van der Waals surface area contributed by atoms with Crippen LogP contribution < -0.4 is 5.43 Å². The lowest BCUT2D eigenvalue weighted by Gasteiger charge is -2.32. The summed E-state index contributed by atoms with van der Waals surface area (Å²) < 4.78 is 2.10. The number of amides is 1. The number of nitrogens with zero attached hydrogens (tertiary/aromatic N) is 3. The smallest absolute Gasteiger partial charge is 0.259 e. The molecule has 1 saturated heterocycles. The molecule has 5 heteroatoms. The second kappa shape index (κ2) is 5.49. The molecule has 0 N–H and O–H groups in total. The first-order valence-corrected chi connectivity index (χ1v) is 8.28. The van der Waals surface area contributed by atoms with Gasteiger partial charge in [0.1, 0.15) is 5.56 Å². The second-order valence-electron chi connectivity index (χ2n) is 6.58. The van der Waals surface area contributed by atoms with E-state index in [0.717, 1.165) is 38.0 Å². The van der Waals surface area contributed by atoms with Gasteiger partial charge in [0.05, 0.1) is 5.52 Å². The SMILES string of the molecule is CN1CCN(C(=O)c2cn3c4c(cccc4c2=O)CCC3)CC1. The van der Waals surface area contributed by atoms with Crippen LogP contribution in [0, 0.1) is 0 Å². The van der Waals surface area contributed by atoms with Crippen molar-refractivity contribution in [2.75, 3.05) is 33.2 Å². The number of hydrogen-bond acceptors (Lipinski definition) is 3. The zero-order chi connectivity index (χ0) is 16.0. The largest absolute Gasteiger partial charge is 0.346 e. The molecule has 1 fully saturated rings. The molecule has 2 aromatic rings. The summed E-state index contributed by atoms with van der Waals surface area (Å²) in [5, 5.41) is 0.683. The van der Waals surface area contributed by atoms with Crippen molar-refractivity contribution in [1.29, 1.82) is 0 Å². The first kappa shape index (κ1) is 14.5. The second-order valence-corrected chi connectivity index (χ2v) is 6.58. The quantitative estimate of drug-likeness (QED) is 0.798. The monoisotopic (exact) mass is 311 g/mol. The van der Waals surface area contributed by atoms with Crippen molar-refractivity contribution in [1.82, 2.24) is 14.4 Å². The van der Waals surface area contributed by atoms with Crippen LogP contribution in [-0.4, -0.2) is 53.5 Å². The molecule has 0 spiro atoms. The highest BCUT2D eigenvalue weighted by Crippen LogP contribution is 2.23. The van der Waals surface area contributed by atoms with Crippen LogP contribution in [-0.2, 0) is 13.0 Å². The van der Waals surface area contributed by atoms with E-state index in [1.54, 1.807) is 6.20 Å². The molecule has 5 nitrogen and oxygen atoms in total. The molecule has 0 atom stereocenters. The van der Waals surface area contributed by atoms with E-state index in [4.69, 9.17) is 0 Å². The van der Waals surface area contributed by atoms with E-state index in [0.29, 0.717) is 24.0 Å². The predicted molar refractivity (Wildman–Crippen MR) is 89.9 cm³/mol. The van der Waals surface area contributed by atoms with Crippen molar-refractivity contribution in [2.45, 2.75) is 19.4 Å². The fourth-order valence-corrected chi connectivity index (χ4v) is 3.69. The third-order valence-corrected chi connectivity index (χ3v) is 5.05. The highest BCUT2D eigenvalue weighted by Gasteiger charge is 2.25. The number of carbonyl (C=O) groups is 1.